The summed E-state index contributed by atoms with van der Waals surface area (Å²) in [5, 5.41) is 0. The third-order valence-corrected chi connectivity index (χ3v) is 64.4. The predicted octanol–water partition coefficient (Wildman–Crippen LogP) is 7.52. The molecule has 0 heterocycles. The Labute approximate surface area is 284 Å². The molecule has 5 aromatic carbocycles. The number of fused-ring (bicyclic) bond motifs is 4. The van der Waals surface area contributed by atoms with Crippen LogP contribution in [0.4, 0.5) is 0 Å². The number of allylic oxidation sites excluding steroid dienone is 1. The van der Waals surface area contributed by atoms with Gasteiger partial charge < -0.3 is 0 Å². The van der Waals surface area contributed by atoms with Gasteiger partial charge in [0.1, 0.15) is 0 Å². The maximum atomic E-state index is 3.01. The summed E-state index contributed by atoms with van der Waals surface area (Å²) in [5.41, 5.74) is 10.3. The zero-order chi connectivity index (χ0) is 31.7. The second-order valence-electron chi connectivity index (χ2n) is 12.5. The first-order chi connectivity index (χ1) is 22.7. The Hall–Kier alpha value is -2.56. The molecule has 2 atom stereocenters. The Morgan fingerprint density at radius 3 is 1.91 bits per heavy atom. The summed E-state index contributed by atoms with van der Waals surface area (Å²) in [6.07, 6.45) is 5.88. The fourth-order valence-corrected chi connectivity index (χ4v) is 76.4. The van der Waals surface area contributed by atoms with Gasteiger partial charge in [-0.25, -0.2) is 0 Å². The first-order valence-corrected chi connectivity index (χ1v) is 33.3. The molecule has 0 bridgehead atoms. The molecule has 0 saturated carbocycles. The minimum absolute atomic E-state index is 0.277. The van der Waals surface area contributed by atoms with Gasteiger partial charge in [0, 0.05) is 0 Å². The van der Waals surface area contributed by atoms with Crippen LogP contribution in [0, 0.1) is 0 Å². The van der Waals surface area contributed by atoms with Gasteiger partial charge in [0.2, 0.25) is 0 Å². The van der Waals surface area contributed by atoms with E-state index in [1.807, 2.05) is 0 Å². The van der Waals surface area contributed by atoms with Crippen LogP contribution in [-0.4, -0.2) is 45.7 Å². The molecule has 7 rings (SSSR count). The van der Waals surface area contributed by atoms with Crippen LogP contribution in [0.5, 0.6) is 0 Å². The van der Waals surface area contributed by atoms with Crippen LogP contribution in [-0.2, 0) is 24.6 Å². The van der Waals surface area contributed by atoms with Crippen LogP contribution < -0.4 is 10.7 Å². The average Bonchev–Trinajstić information content (AvgIpc) is 3.72. The molecule has 2 aliphatic rings. The second kappa shape index (κ2) is 13.9. The van der Waals surface area contributed by atoms with Crippen molar-refractivity contribution < 1.29 is 18.2 Å². The zero-order valence-corrected chi connectivity index (χ0v) is 33.0. The average molecular weight is 788 g/mol. The van der Waals surface area contributed by atoms with Crippen LogP contribution in [0.25, 0.3) is 17.2 Å². The second-order valence-corrected chi connectivity index (χ2v) is 46.1. The Morgan fingerprint density at radius 2 is 1.17 bits per heavy atom. The molecule has 46 heavy (non-hydrogen) atoms. The predicted molar refractivity (Wildman–Crippen MR) is 195 cm³/mol. The van der Waals surface area contributed by atoms with Crippen molar-refractivity contribution in [3.63, 3.8) is 0 Å². The Kier molecular flexibility index (Phi) is 9.67. The molecule has 231 valence electrons. The van der Waals surface area contributed by atoms with Crippen molar-refractivity contribution in [2.24, 2.45) is 0 Å². The molecule has 0 saturated heterocycles. The molecular weight excluding hydrogens is 742 g/mol. The fourth-order valence-electron chi connectivity index (χ4n) is 8.37. The van der Waals surface area contributed by atoms with Crippen molar-refractivity contribution in [1.82, 2.24) is 5.69 Å². The third kappa shape index (κ3) is 5.27. The molecule has 5 aromatic rings. The molecule has 2 nitrogen and oxygen atoms in total. The summed E-state index contributed by atoms with van der Waals surface area (Å²) in [6.45, 7) is 14.1. The van der Waals surface area contributed by atoms with Gasteiger partial charge in [0.15, 0.2) is 0 Å². The van der Waals surface area contributed by atoms with E-state index in [4.69, 9.17) is 0 Å². The Bertz CT molecular complexity index is 1850. The van der Waals surface area contributed by atoms with E-state index < -0.39 is 32.0 Å². The topological polar surface area (TPSA) is 6.48 Å². The first kappa shape index (κ1) is 32.0. The molecule has 2 unspecified atom stereocenters. The number of benzene rings is 5. The van der Waals surface area contributed by atoms with E-state index in [1.54, 1.807) is 16.3 Å². The van der Waals surface area contributed by atoms with E-state index in [-0.39, 0.29) is 5.92 Å². The van der Waals surface area contributed by atoms with Gasteiger partial charge in [-0.1, -0.05) is 0 Å². The molecule has 0 radical (unpaired) electrons. The van der Waals surface area contributed by atoms with Crippen LogP contribution in [0.2, 0.25) is 0 Å². The first-order valence-electron chi connectivity index (χ1n) is 17.2. The quantitative estimate of drug-likeness (QED) is 0.126. The summed E-state index contributed by atoms with van der Waals surface area (Å²) in [4.78, 5) is 0. The SMILES string of the molecule is CC[N](CC)[Zr]([N](CC)CC)[Sn]([c]1ccccc1)([c]1ccccc1C1C=Cc2ccccc21)[c]1cccc2c1Cc1ccccc1-2. The van der Waals surface area contributed by atoms with Crippen molar-refractivity contribution in [1.29, 1.82) is 0 Å². The maximum absolute atomic E-state index is 3.91. The summed E-state index contributed by atoms with van der Waals surface area (Å²) < 4.78 is 11.1. The summed E-state index contributed by atoms with van der Waals surface area (Å²) >= 11 is -6.63. The van der Waals surface area contributed by atoms with E-state index in [1.165, 1.54) is 33.4 Å². The summed E-state index contributed by atoms with van der Waals surface area (Å²) in [6, 6.07) is 47.4. The monoisotopic (exact) mass is 787 g/mol. The van der Waals surface area contributed by atoms with Gasteiger partial charge >= 0.3 is 287 Å². The summed E-state index contributed by atoms with van der Waals surface area (Å²) in [5.74, 6) is 0.277. The van der Waals surface area contributed by atoms with E-state index in [9.17, 15) is 0 Å². The number of hydrogen-bond donors (Lipinski definition) is 0. The van der Waals surface area contributed by atoms with Crippen molar-refractivity contribution in [3.8, 4) is 11.1 Å². The van der Waals surface area contributed by atoms with Crippen LogP contribution in [0.1, 0.15) is 61.4 Å². The normalized spacial score (nSPS) is 15.9. The van der Waals surface area contributed by atoms with E-state index in [2.05, 4.69) is 167 Å². The van der Waals surface area contributed by atoms with E-state index in [0.717, 1.165) is 32.6 Å². The minimum atomic E-state index is -3.91. The van der Waals surface area contributed by atoms with E-state index >= 15 is 0 Å². The van der Waals surface area contributed by atoms with Gasteiger partial charge in [0.05, 0.1) is 0 Å². The van der Waals surface area contributed by atoms with Crippen LogP contribution >= 0.6 is 0 Å². The molecule has 0 fully saturated rings. The molecule has 0 amide bonds. The molecule has 2 aliphatic carbocycles. The molecule has 0 spiro atoms. The number of hydrogen-bond acceptors (Lipinski definition) is 2. The molecule has 0 N–H and O–H groups in total. The standard InChI is InChI=1S/C15H11.C13H9.C6H5.2C4H10N.Sn.Zr/c1-2-6-12(7-3-1)15-11-10-13-8-4-5-9-14(13)15;1-3-7-12-10(5-1)9-11-6-2-4-8-13(11)12;1-2-4-6-5-3-1;2*1-3-5-4-2;;/h1-6,8-11,15H;1-5,7-8H,9H2;1-5H;2*3-4H2,1-2H3;;/q;;;2*-1;;+2. The van der Waals surface area contributed by atoms with Gasteiger partial charge in [0.25, 0.3) is 0 Å². The molecule has 0 aromatic heterocycles. The molecule has 4 heteroatoms. The molecule has 0 aliphatic heterocycles. The van der Waals surface area contributed by atoms with Gasteiger partial charge in [-0.2, -0.15) is 0 Å². The third-order valence-electron chi connectivity index (χ3n) is 10.4. The van der Waals surface area contributed by atoms with Crippen LogP contribution in [0.15, 0.2) is 127 Å². The van der Waals surface area contributed by atoms with Gasteiger partial charge in [-0.05, 0) is 0 Å². The molecular formula is C42H45N2SnZr. The van der Waals surface area contributed by atoms with Crippen molar-refractivity contribution >= 4 is 30.7 Å². The van der Waals surface area contributed by atoms with Crippen molar-refractivity contribution in [2.45, 2.75) is 40.0 Å². The van der Waals surface area contributed by atoms with Gasteiger partial charge in [-0.3, -0.25) is 0 Å². The van der Waals surface area contributed by atoms with Gasteiger partial charge in [-0.15, -0.1) is 0 Å². The van der Waals surface area contributed by atoms with Crippen LogP contribution in [0.3, 0.4) is 0 Å². The van der Waals surface area contributed by atoms with E-state index in [0.29, 0.717) is 0 Å². The van der Waals surface area contributed by atoms with Crippen molar-refractivity contribution in [3.05, 3.63) is 155 Å². The Balaban J connectivity index is 1.63. The number of nitrogens with zero attached hydrogens (tertiary/aromatic N) is 2. The summed E-state index contributed by atoms with van der Waals surface area (Å²) in [7, 11) is 0. The Morgan fingerprint density at radius 1 is 0.587 bits per heavy atom. The number of rotatable bonds is 11. The fraction of sp³-hybridized carbons (Fsp3) is 0.238. The van der Waals surface area contributed by atoms with Crippen molar-refractivity contribution in [2.75, 3.05) is 26.2 Å². The zero-order valence-electron chi connectivity index (χ0n) is 27.7.